The molecule has 1 aromatic rings. The number of H-pyrrole nitrogens is 1. The zero-order valence-electron chi connectivity index (χ0n) is 11.2. The van der Waals surface area contributed by atoms with Crippen LogP contribution in [0.1, 0.15) is 37.6 Å². The second-order valence-electron chi connectivity index (χ2n) is 5.07. The Hall–Kier alpha value is -1.03. The maximum Gasteiger partial charge on any atom is 0.0825 e. The molecule has 4 nitrogen and oxygen atoms in total. The van der Waals surface area contributed by atoms with Crippen molar-refractivity contribution in [1.29, 1.82) is 0 Å². The first-order valence-electron chi connectivity index (χ1n) is 6.71. The summed E-state index contributed by atoms with van der Waals surface area (Å²) >= 11 is 0. The van der Waals surface area contributed by atoms with E-state index in [9.17, 15) is 0 Å². The molecule has 2 rings (SSSR count). The maximum absolute atomic E-state index is 4.23. The van der Waals surface area contributed by atoms with E-state index in [0.29, 0.717) is 6.04 Å². The number of aromatic amines is 1. The van der Waals surface area contributed by atoms with E-state index in [-0.39, 0.29) is 0 Å². The first kappa shape index (κ1) is 12.4. The average molecular weight is 236 g/mol. The van der Waals surface area contributed by atoms with Gasteiger partial charge in [0.1, 0.15) is 0 Å². The zero-order valence-corrected chi connectivity index (χ0v) is 11.2. The smallest absolute Gasteiger partial charge is 0.0825 e. The molecule has 4 heteroatoms. The lowest BCUT2D eigenvalue weighted by atomic mass is 10.0. The van der Waals surface area contributed by atoms with Crippen LogP contribution in [0, 0.1) is 13.8 Å². The van der Waals surface area contributed by atoms with Crippen molar-refractivity contribution in [2.75, 3.05) is 25.0 Å². The van der Waals surface area contributed by atoms with Gasteiger partial charge in [-0.15, -0.1) is 0 Å². The fourth-order valence-corrected chi connectivity index (χ4v) is 2.58. The summed E-state index contributed by atoms with van der Waals surface area (Å²) in [7, 11) is 0. The molecule has 0 atom stereocenters. The highest BCUT2D eigenvalue weighted by molar-refractivity contribution is 5.52. The molecule has 1 aliphatic heterocycles. The van der Waals surface area contributed by atoms with Gasteiger partial charge in [-0.25, -0.2) is 0 Å². The minimum atomic E-state index is 0.609. The Morgan fingerprint density at radius 1 is 1.35 bits per heavy atom. The van der Waals surface area contributed by atoms with E-state index >= 15 is 0 Å². The molecule has 17 heavy (non-hydrogen) atoms. The van der Waals surface area contributed by atoms with E-state index in [1.54, 1.807) is 0 Å². The molecular weight excluding hydrogens is 212 g/mol. The zero-order chi connectivity index (χ0) is 12.3. The van der Waals surface area contributed by atoms with Gasteiger partial charge in [0.25, 0.3) is 0 Å². The van der Waals surface area contributed by atoms with Crippen LogP contribution in [-0.4, -0.2) is 40.8 Å². The largest absolute Gasteiger partial charge is 0.379 e. The van der Waals surface area contributed by atoms with E-state index in [2.05, 4.69) is 41.2 Å². The summed E-state index contributed by atoms with van der Waals surface area (Å²) in [5, 5.41) is 10.9. The summed E-state index contributed by atoms with van der Waals surface area (Å²) in [6, 6.07) is 0.609. The Balaban J connectivity index is 1.86. The molecular formula is C13H24N4. The maximum atomic E-state index is 4.23. The molecule has 0 aromatic carbocycles. The van der Waals surface area contributed by atoms with Crippen molar-refractivity contribution in [3.63, 3.8) is 0 Å². The molecule has 0 aliphatic carbocycles. The van der Waals surface area contributed by atoms with Crippen LogP contribution in [0.5, 0.6) is 0 Å². The molecule has 0 spiro atoms. The minimum absolute atomic E-state index is 0.609. The standard InChI is InChI=1S/C13H24N4/c1-4-7-17-8-5-12(6-9-17)14-13-10(2)15-16-11(13)3/h12,14H,4-9H2,1-3H3,(H,15,16). The predicted molar refractivity (Wildman–Crippen MR) is 71.4 cm³/mol. The lowest BCUT2D eigenvalue weighted by molar-refractivity contribution is 0.219. The van der Waals surface area contributed by atoms with Crippen molar-refractivity contribution in [2.45, 2.75) is 46.1 Å². The molecule has 2 heterocycles. The summed E-state index contributed by atoms with van der Waals surface area (Å²) in [6.07, 6.45) is 3.74. The van der Waals surface area contributed by atoms with Gasteiger partial charge in [0.2, 0.25) is 0 Å². The summed E-state index contributed by atoms with van der Waals surface area (Å²) in [6.45, 7) is 10.1. The van der Waals surface area contributed by atoms with Gasteiger partial charge in [-0.2, -0.15) is 5.10 Å². The van der Waals surface area contributed by atoms with E-state index in [1.807, 2.05) is 0 Å². The molecule has 1 aromatic heterocycles. The number of hydrogen-bond donors (Lipinski definition) is 2. The van der Waals surface area contributed by atoms with Crippen molar-refractivity contribution in [1.82, 2.24) is 15.1 Å². The third kappa shape index (κ3) is 3.00. The molecule has 0 unspecified atom stereocenters. The molecule has 2 N–H and O–H groups in total. The highest BCUT2D eigenvalue weighted by Gasteiger charge is 2.19. The Kier molecular flexibility index (Phi) is 4.05. The van der Waals surface area contributed by atoms with Gasteiger partial charge in [0.05, 0.1) is 17.1 Å². The Labute approximate surface area is 104 Å². The third-order valence-electron chi connectivity index (χ3n) is 3.60. The van der Waals surface area contributed by atoms with Crippen LogP contribution in [0.15, 0.2) is 0 Å². The summed E-state index contributed by atoms with van der Waals surface area (Å²) < 4.78 is 0. The molecule has 0 bridgehead atoms. The SMILES string of the molecule is CCCN1CCC(Nc2c(C)n[nH]c2C)CC1. The number of hydrogen-bond acceptors (Lipinski definition) is 3. The topological polar surface area (TPSA) is 44.0 Å². The number of rotatable bonds is 4. The van der Waals surface area contributed by atoms with E-state index in [1.165, 1.54) is 44.6 Å². The van der Waals surface area contributed by atoms with Crippen LogP contribution in [0.4, 0.5) is 5.69 Å². The quantitative estimate of drug-likeness (QED) is 0.843. The average Bonchev–Trinajstić information content (AvgIpc) is 2.64. The van der Waals surface area contributed by atoms with E-state index < -0.39 is 0 Å². The van der Waals surface area contributed by atoms with Crippen LogP contribution in [0.3, 0.4) is 0 Å². The molecule has 1 fully saturated rings. The summed E-state index contributed by atoms with van der Waals surface area (Å²) in [4.78, 5) is 2.56. The van der Waals surface area contributed by atoms with Gasteiger partial charge in [-0.05, 0) is 39.7 Å². The number of nitrogens with one attached hydrogen (secondary N) is 2. The number of anilines is 1. The third-order valence-corrected chi connectivity index (χ3v) is 3.60. The van der Waals surface area contributed by atoms with Gasteiger partial charge in [0, 0.05) is 19.1 Å². The van der Waals surface area contributed by atoms with E-state index in [0.717, 1.165) is 11.4 Å². The molecule has 0 saturated carbocycles. The van der Waals surface area contributed by atoms with Gasteiger partial charge >= 0.3 is 0 Å². The molecule has 1 saturated heterocycles. The van der Waals surface area contributed by atoms with Crippen molar-refractivity contribution in [3.05, 3.63) is 11.4 Å². The van der Waals surface area contributed by atoms with E-state index in [4.69, 9.17) is 0 Å². The lowest BCUT2D eigenvalue weighted by Crippen LogP contribution is -2.39. The monoisotopic (exact) mass is 236 g/mol. The van der Waals surface area contributed by atoms with Crippen molar-refractivity contribution in [3.8, 4) is 0 Å². The molecule has 0 amide bonds. The Morgan fingerprint density at radius 3 is 2.59 bits per heavy atom. The van der Waals surface area contributed by atoms with Crippen molar-refractivity contribution < 1.29 is 0 Å². The van der Waals surface area contributed by atoms with Crippen LogP contribution >= 0.6 is 0 Å². The molecule has 96 valence electrons. The Morgan fingerprint density at radius 2 is 2.06 bits per heavy atom. The van der Waals surface area contributed by atoms with Gasteiger partial charge in [-0.3, -0.25) is 5.10 Å². The van der Waals surface area contributed by atoms with Crippen LogP contribution in [0.25, 0.3) is 0 Å². The van der Waals surface area contributed by atoms with Crippen LogP contribution in [0.2, 0.25) is 0 Å². The van der Waals surface area contributed by atoms with Crippen LogP contribution < -0.4 is 5.32 Å². The fraction of sp³-hybridized carbons (Fsp3) is 0.769. The van der Waals surface area contributed by atoms with Crippen molar-refractivity contribution in [2.24, 2.45) is 0 Å². The number of aryl methyl sites for hydroxylation is 2. The number of nitrogens with zero attached hydrogens (tertiary/aromatic N) is 2. The second-order valence-corrected chi connectivity index (χ2v) is 5.07. The normalized spacial score (nSPS) is 18.5. The van der Waals surface area contributed by atoms with Crippen molar-refractivity contribution >= 4 is 5.69 Å². The number of piperidine rings is 1. The highest BCUT2D eigenvalue weighted by atomic mass is 15.2. The van der Waals surface area contributed by atoms with Crippen LogP contribution in [-0.2, 0) is 0 Å². The minimum Gasteiger partial charge on any atom is -0.379 e. The van der Waals surface area contributed by atoms with Gasteiger partial charge in [0.15, 0.2) is 0 Å². The first-order chi connectivity index (χ1) is 8.20. The fourth-order valence-electron chi connectivity index (χ4n) is 2.58. The Bertz CT molecular complexity index is 331. The number of likely N-dealkylation sites (tertiary alicyclic amines) is 1. The molecule has 1 aliphatic rings. The van der Waals surface area contributed by atoms with Gasteiger partial charge < -0.3 is 10.2 Å². The lowest BCUT2D eigenvalue weighted by Gasteiger charge is -2.32. The summed E-state index contributed by atoms with van der Waals surface area (Å²) in [5.74, 6) is 0. The van der Waals surface area contributed by atoms with Gasteiger partial charge in [-0.1, -0.05) is 6.92 Å². The number of aromatic nitrogens is 2. The second kappa shape index (κ2) is 5.54. The molecule has 0 radical (unpaired) electrons. The highest BCUT2D eigenvalue weighted by Crippen LogP contribution is 2.21. The summed E-state index contributed by atoms with van der Waals surface area (Å²) in [5.41, 5.74) is 3.44. The predicted octanol–water partition coefficient (Wildman–Crippen LogP) is 2.31. The first-order valence-corrected chi connectivity index (χ1v) is 6.71.